The first kappa shape index (κ1) is 18.5. The monoisotopic (exact) mass is 337 g/mol. The first-order chi connectivity index (χ1) is 11.5. The summed E-state index contributed by atoms with van der Waals surface area (Å²) in [4.78, 5) is 15.7. The Bertz CT molecular complexity index is 563. The van der Waals surface area contributed by atoms with E-state index in [0.717, 1.165) is 25.1 Å². The largest absolute Gasteiger partial charge is 0.391 e. The van der Waals surface area contributed by atoms with Crippen molar-refractivity contribution in [3.63, 3.8) is 0 Å². The van der Waals surface area contributed by atoms with Crippen LogP contribution in [0.3, 0.4) is 0 Å². The second kappa shape index (κ2) is 8.33. The van der Waals surface area contributed by atoms with Gasteiger partial charge in [0.1, 0.15) is 5.82 Å². The number of hydrogen-bond acceptors (Lipinski definition) is 3. The molecule has 1 fully saturated rings. The van der Waals surface area contributed by atoms with E-state index in [2.05, 4.69) is 5.32 Å². The molecule has 0 aromatic heterocycles. The number of aliphatic hydroxyl groups excluding tert-OH is 1. The number of rotatable bonds is 5. The van der Waals surface area contributed by atoms with Crippen LogP contribution in [-0.2, 0) is 6.54 Å². The van der Waals surface area contributed by atoms with Crippen LogP contribution >= 0.6 is 0 Å². The maximum atomic E-state index is 14.2. The van der Waals surface area contributed by atoms with Gasteiger partial charge in [-0.2, -0.15) is 0 Å². The van der Waals surface area contributed by atoms with Crippen LogP contribution in [0.2, 0.25) is 0 Å². The van der Waals surface area contributed by atoms with Crippen molar-refractivity contribution in [1.82, 2.24) is 10.2 Å². The van der Waals surface area contributed by atoms with Gasteiger partial charge in [-0.15, -0.1) is 0 Å². The molecule has 0 spiro atoms. The zero-order valence-corrected chi connectivity index (χ0v) is 14.8. The van der Waals surface area contributed by atoms with Crippen LogP contribution < -0.4 is 10.2 Å². The lowest BCUT2D eigenvalue weighted by molar-refractivity contribution is 0.0435. The maximum Gasteiger partial charge on any atom is 0.317 e. The van der Waals surface area contributed by atoms with Gasteiger partial charge in [0.2, 0.25) is 0 Å². The quantitative estimate of drug-likeness (QED) is 0.868. The highest BCUT2D eigenvalue weighted by atomic mass is 19.1. The van der Waals surface area contributed by atoms with E-state index < -0.39 is 6.10 Å². The van der Waals surface area contributed by atoms with Crippen molar-refractivity contribution >= 4 is 11.7 Å². The molecule has 0 aliphatic carbocycles. The number of nitrogens with zero attached hydrogens (tertiary/aromatic N) is 2. The molecular formula is C18H28FN3O2. The van der Waals surface area contributed by atoms with E-state index in [4.69, 9.17) is 0 Å². The van der Waals surface area contributed by atoms with Crippen molar-refractivity contribution < 1.29 is 14.3 Å². The van der Waals surface area contributed by atoms with Crippen molar-refractivity contribution in [2.75, 3.05) is 31.1 Å². The van der Waals surface area contributed by atoms with Crippen molar-refractivity contribution in [2.45, 2.75) is 39.8 Å². The lowest BCUT2D eigenvalue weighted by Gasteiger charge is -2.34. The molecule has 1 aliphatic heterocycles. The Hall–Kier alpha value is -1.82. The van der Waals surface area contributed by atoms with Gasteiger partial charge in [-0.1, -0.05) is 13.0 Å². The molecule has 2 rings (SSSR count). The SMILES string of the molecule is CCN(CC)c1ccc(CNC(=O)N2CCC(C)C(O)C2)cc1F. The predicted octanol–water partition coefficient (Wildman–Crippen LogP) is 2.58. The number of nitrogens with one attached hydrogen (secondary N) is 1. The Morgan fingerprint density at radius 1 is 1.42 bits per heavy atom. The molecule has 2 unspecified atom stereocenters. The number of halogens is 1. The number of β-amino-alcohol motifs (C(OH)–C–C–N with tert-alkyl or cyclic N) is 1. The fraction of sp³-hybridized carbons (Fsp3) is 0.611. The van der Waals surface area contributed by atoms with E-state index in [9.17, 15) is 14.3 Å². The van der Waals surface area contributed by atoms with Gasteiger partial charge in [0.15, 0.2) is 0 Å². The number of piperidine rings is 1. The molecule has 2 amide bonds. The average Bonchev–Trinajstić information content (AvgIpc) is 2.57. The summed E-state index contributed by atoms with van der Waals surface area (Å²) in [6, 6.07) is 4.86. The highest BCUT2D eigenvalue weighted by Crippen LogP contribution is 2.21. The minimum absolute atomic E-state index is 0.214. The molecule has 5 nitrogen and oxygen atoms in total. The van der Waals surface area contributed by atoms with Gasteiger partial charge < -0.3 is 20.2 Å². The van der Waals surface area contributed by atoms with Gasteiger partial charge >= 0.3 is 6.03 Å². The predicted molar refractivity (Wildman–Crippen MR) is 93.6 cm³/mol. The van der Waals surface area contributed by atoms with E-state index in [0.29, 0.717) is 18.8 Å². The van der Waals surface area contributed by atoms with Crippen molar-refractivity contribution in [2.24, 2.45) is 5.92 Å². The molecule has 2 N–H and O–H groups in total. The van der Waals surface area contributed by atoms with Crippen molar-refractivity contribution in [3.8, 4) is 0 Å². The van der Waals surface area contributed by atoms with Crippen molar-refractivity contribution in [3.05, 3.63) is 29.6 Å². The molecule has 24 heavy (non-hydrogen) atoms. The standard InChI is InChI=1S/C18H28FN3O2/c1-4-21(5-2)16-7-6-14(10-15(16)19)11-20-18(24)22-9-8-13(3)17(23)12-22/h6-7,10,13,17,23H,4-5,8-9,11-12H2,1-3H3,(H,20,24). The summed E-state index contributed by atoms with van der Waals surface area (Å²) in [6.45, 7) is 8.73. The number of amides is 2. The third kappa shape index (κ3) is 4.38. The summed E-state index contributed by atoms with van der Waals surface area (Å²) < 4.78 is 14.2. The molecule has 1 aromatic carbocycles. The Kier molecular flexibility index (Phi) is 6.43. The Balaban J connectivity index is 1.92. The van der Waals surface area contributed by atoms with Gasteiger partial charge in [0, 0.05) is 32.7 Å². The normalized spacial score (nSPS) is 20.8. The van der Waals surface area contributed by atoms with Crippen LogP contribution in [0, 0.1) is 11.7 Å². The molecule has 0 radical (unpaired) electrons. The first-order valence-electron chi connectivity index (χ1n) is 8.70. The van der Waals surface area contributed by atoms with Gasteiger partial charge in [-0.05, 0) is 43.9 Å². The van der Waals surface area contributed by atoms with E-state index in [1.165, 1.54) is 6.07 Å². The van der Waals surface area contributed by atoms with Crippen LogP contribution in [-0.4, -0.2) is 48.3 Å². The third-order valence-corrected chi connectivity index (χ3v) is 4.77. The summed E-state index contributed by atoms with van der Waals surface area (Å²) in [6.07, 6.45) is 0.317. The number of benzene rings is 1. The summed E-state index contributed by atoms with van der Waals surface area (Å²) >= 11 is 0. The highest BCUT2D eigenvalue weighted by Gasteiger charge is 2.27. The zero-order chi connectivity index (χ0) is 17.7. The van der Waals surface area contributed by atoms with Gasteiger partial charge in [-0.25, -0.2) is 9.18 Å². The van der Waals surface area contributed by atoms with Crippen LogP contribution in [0.15, 0.2) is 18.2 Å². The summed E-state index contributed by atoms with van der Waals surface area (Å²) in [5.74, 6) is -0.0524. The lowest BCUT2D eigenvalue weighted by atomic mass is 9.96. The molecule has 1 heterocycles. The van der Waals surface area contributed by atoms with Gasteiger partial charge in [0.25, 0.3) is 0 Å². The highest BCUT2D eigenvalue weighted by molar-refractivity contribution is 5.74. The zero-order valence-electron chi connectivity index (χ0n) is 14.8. The van der Waals surface area contributed by atoms with E-state index in [1.807, 2.05) is 31.7 Å². The van der Waals surface area contributed by atoms with Gasteiger partial charge in [0.05, 0.1) is 11.8 Å². The Morgan fingerprint density at radius 2 is 2.12 bits per heavy atom. The minimum atomic E-state index is -0.477. The molecule has 1 aliphatic rings. The molecule has 0 saturated carbocycles. The molecule has 1 saturated heterocycles. The second-order valence-electron chi connectivity index (χ2n) is 6.40. The lowest BCUT2D eigenvalue weighted by Crippen LogP contribution is -2.49. The summed E-state index contributed by atoms with van der Waals surface area (Å²) in [7, 11) is 0. The molecule has 134 valence electrons. The smallest absolute Gasteiger partial charge is 0.317 e. The fourth-order valence-electron chi connectivity index (χ4n) is 3.00. The van der Waals surface area contributed by atoms with E-state index in [1.54, 1.807) is 11.0 Å². The topological polar surface area (TPSA) is 55.8 Å². The number of aliphatic hydroxyl groups is 1. The molecule has 6 heteroatoms. The third-order valence-electron chi connectivity index (χ3n) is 4.77. The molecular weight excluding hydrogens is 309 g/mol. The number of hydrogen-bond donors (Lipinski definition) is 2. The number of carbonyl (C=O) groups is 1. The van der Waals surface area contributed by atoms with Crippen molar-refractivity contribution in [1.29, 1.82) is 0 Å². The molecule has 0 bridgehead atoms. The Morgan fingerprint density at radius 3 is 2.71 bits per heavy atom. The minimum Gasteiger partial charge on any atom is -0.391 e. The number of urea groups is 1. The fourth-order valence-corrected chi connectivity index (χ4v) is 3.00. The summed E-state index contributed by atoms with van der Waals surface area (Å²) in [5, 5.41) is 12.7. The van der Waals surface area contributed by atoms with Crippen LogP contribution in [0.25, 0.3) is 0 Å². The van der Waals surface area contributed by atoms with Gasteiger partial charge in [-0.3, -0.25) is 0 Å². The number of carbonyl (C=O) groups excluding carboxylic acids is 1. The number of anilines is 1. The van der Waals surface area contributed by atoms with Crippen LogP contribution in [0.4, 0.5) is 14.9 Å². The van der Waals surface area contributed by atoms with Crippen LogP contribution in [0.1, 0.15) is 32.8 Å². The maximum absolute atomic E-state index is 14.2. The van der Waals surface area contributed by atoms with E-state index in [-0.39, 0.29) is 24.3 Å². The Labute approximate surface area is 143 Å². The average molecular weight is 337 g/mol. The van der Waals surface area contributed by atoms with E-state index >= 15 is 0 Å². The molecule has 1 aromatic rings. The first-order valence-corrected chi connectivity index (χ1v) is 8.70. The molecule has 2 atom stereocenters. The second-order valence-corrected chi connectivity index (χ2v) is 6.40. The van der Waals surface area contributed by atoms with Crippen LogP contribution in [0.5, 0.6) is 0 Å². The number of likely N-dealkylation sites (tertiary alicyclic amines) is 1. The summed E-state index contributed by atoms with van der Waals surface area (Å²) in [5.41, 5.74) is 1.31.